The fourth-order valence-corrected chi connectivity index (χ4v) is 4.41. The van der Waals surface area contributed by atoms with Gasteiger partial charge in [0.15, 0.2) is 9.84 Å². The van der Waals surface area contributed by atoms with Crippen LogP contribution in [0.4, 0.5) is 4.39 Å². The van der Waals surface area contributed by atoms with Crippen molar-refractivity contribution in [3.05, 3.63) is 65.0 Å². The standard InChI is InChI=1S/C22H26FNO3S/c1-16-8-13-20(28(2,26)27)14-21(16)22(25)24(19-6-4-3-5-7-19)15-17-9-11-18(23)12-10-17/h8-14,19H,3-7,15H2,1-2H3. The molecular formula is C22H26FNO3S. The molecule has 0 spiro atoms. The number of hydrogen-bond acceptors (Lipinski definition) is 3. The summed E-state index contributed by atoms with van der Waals surface area (Å²) in [5.74, 6) is -0.477. The second-order valence-corrected chi connectivity index (χ2v) is 9.62. The Hall–Kier alpha value is -2.21. The molecule has 0 saturated heterocycles. The van der Waals surface area contributed by atoms with Gasteiger partial charge in [0.2, 0.25) is 0 Å². The molecule has 2 aromatic rings. The van der Waals surface area contributed by atoms with Crippen molar-refractivity contribution in [2.75, 3.05) is 6.26 Å². The van der Waals surface area contributed by atoms with Crippen LogP contribution in [0.5, 0.6) is 0 Å². The summed E-state index contributed by atoms with van der Waals surface area (Å²) in [5.41, 5.74) is 2.02. The Kier molecular flexibility index (Phi) is 6.18. The molecule has 0 aliphatic heterocycles. The lowest BCUT2D eigenvalue weighted by Crippen LogP contribution is -2.41. The Morgan fingerprint density at radius 1 is 1.07 bits per heavy atom. The van der Waals surface area contributed by atoms with Crippen LogP contribution in [0.3, 0.4) is 0 Å². The molecule has 2 aromatic carbocycles. The molecule has 6 heteroatoms. The van der Waals surface area contributed by atoms with Crippen LogP contribution in [0.15, 0.2) is 47.4 Å². The van der Waals surface area contributed by atoms with Crippen LogP contribution in [-0.4, -0.2) is 31.5 Å². The molecule has 0 N–H and O–H groups in total. The molecule has 0 radical (unpaired) electrons. The maximum absolute atomic E-state index is 13.5. The van der Waals surface area contributed by atoms with Gasteiger partial charge in [-0.3, -0.25) is 4.79 Å². The number of carbonyl (C=O) groups excluding carboxylic acids is 1. The van der Waals surface area contributed by atoms with E-state index >= 15 is 0 Å². The summed E-state index contributed by atoms with van der Waals surface area (Å²) in [6.45, 7) is 2.20. The molecule has 0 unspecified atom stereocenters. The van der Waals surface area contributed by atoms with Crippen molar-refractivity contribution in [1.29, 1.82) is 0 Å². The lowest BCUT2D eigenvalue weighted by atomic mass is 9.93. The normalized spacial score (nSPS) is 15.4. The number of aryl methyl sites for hydroxylation is 1. The molecule has 1 fully saturated rings. The van der Waals surface area contributed by atoms with Gasteiger partial charge in [-0.25, -0.2) is 12.8 Å². The van der Waals surface area contributed by atoms with E-state index in [9.17, 15) is 17.6 Å². The molecule has 28 heavy (non-hydrogen) atoms. The highest BCUT2D eigenvalue weighted by atomic mass is 32.2. The topological polar surface area (TPSA) is 54.5 Å². The van der Waals surface area contributed by atoms with Crippen molar-refractivity contribution in [3.8, 4) is 0 Å². The van der Waals surface area contributed by atoms with E-state index in [0.29, 0.717) is 12.1 Å². The van der Waals surface area contributed by atoms with E-state index in [2.05, 4.69) is 0 Å². The first-order valence-corrected chi connectivity index (χ1v) is 11.5. The van der Waals surface area contributed by atoms with Crippen LogP contribution < -0.4 is 0 Å². The highest BCUT2D eigenvalue weighted by molar-refractivity contribution is 7.90. The fourth-order valence-electron chi connectivity index (χ4n) is 3.76. The van der Waals surface area contributed by atoms with Crippen molar-refractivity contribution in [2.24, 2.45) is 0 Å². The van der Waals surface area contributed by atoms with Crippen molar-refractivity contribution >= 4 is 15.7 Å². The smallest absolute Gasteiger partial charge is 0.254 e. The van der Waals surface area contributed by atoms with Gasteiger partial charge >= 0.3 is 0 Å². The van der Waals surface area contributed by atoms with Crippen molar-refractivity contribution in [2.45, 2.75) is 56.5 Å². The summed E-state index contributed by atoms with van der Waals surface area (Å²) in [6, 6.07) is 11.0. The zero-order valence-corrected chi connectivity index (χ0v) is 17.1. The quantitative estimate of drug-likeness (QED) is 0.738. The first-order chi connectivity index (χ1) is 13.3. The van der Waals surface area contributed by atoms with E-state index in [1.807, 2.05) is 11.8 Å². The molecule has 1 aliphatic carbocycles. The zero-order chi connectivity index (χ0) is 20.3. The second kappa shape index (κ2) is 8.43. The largest absolute Gasteiger partial charge is 0.331 e. The molecule has 1 amide bonds. The first kappa shape index (κ1) is 20.5. The number of sulfone groups is 1. The van der Waals surface area contributed by atoms with E-state index in [1.54, 1.807) is 18.2 Å². The minimum absolute atomic E-state index is 0.104. The van der Waals surface area contributed by atoms with Crippen molar-refractivity contribution in [1.82, 2.24) is 4.90 Å². The summed E-state index contributed by atoms with van der Waals surface area (Å²) in [5, 5.41) is 0. The predicted molar refractivity (Wildman–Crippen MR) is 107 cm³/mol. The molecule has 150 valence electrons. The van der Waals surface area contributed by atoms with Gasteiger partial charge in [0.05, 0.1) is 4.90 Å². The maximum Gasteiger partial charge on any atom is 0.254 e. The number of benzene rings is 2. The predicted octanol–water partition coefficient (Wildman–Crippen LogP) is 4.51. The van der Waals surface area contributed by atoms with Gasteiger partial charge in [-0.05, 0) is 55.2 Å². The van der Waals surface area contributed by atoms with Gasteiger partial charge < -0.3 is 4.90 Å². The summed E-state index contributed by atoms with van der Waals surface area (Å²) >= 11 is 0. The summed E-state index contributed by atoms with van der Waals surface area (Å²) in [6.07, 6.45) is 6.30. The van der Waals surface area contributed by atoms with Gasteiger partial charge in [0.1, 0.15) is 5.82 Å². The molecule has 0 aromatic heterocycles. The molecule has 3 rings (SSSR count). The Bertz CT molecular complexity index is 948. The highest BCUT2D eigenvalue weighted by Gasteiger charge is 2.28. The molecular weight excluding hydrogens is 377 g/mol. The summed E-state index contributed by atoms with van der Waals surface area (Å²) < 4.78 is 37.2. The van der Waals surface area contributed by atoms with E-state index in [0.717, 1.165) is 49.5 Å². The van der Waals surface area contributed by atoms with E-state index in [4.69, 9.17) is 0 Å². The fraction of sp³-hybridized carbons (Fsp3) is 0.409. The molecule has 0 atom stereocenters. The number of hydrogen-bond donors (Lipinski definition) is 0. The van der Waals surface area contributed by atoms with E-state index in [1.165, 1.54) is 24.3 Å². The third-order valence-corrected chi connectivity index (χ3v) is 6.52. The van der Waals surface area contributed by atoms with Gasteiger partial charge in [-0.1, -0.05) is 37.5 Å². The second-order valence-electron chi connectivity index (χ2n) is 7.60. The lowest BCUT2D eigenvalue weighted by molar-refractivity contribution is 0.0613. The van der Waals surface area contributed by atoms with Gasteiger partial charge in [-0.2, -0.15) is 0 Å². The molecule has 4 nitrogen and oxygen atoms in total. The molecule has 0 bridgehead atoms. The number of carbonyl (C=O) groups is 1. The molecule has 0 heterocycles. The van der Waals surface area contributed by atoms with Crippen LogP contribution in [-0.2, 0) is 16.4 Å². The zero-order valence-electron chi connectivity index (χ0n) is 16.3. The first-order valence-electron chi connectivity index (χ1n) is 9.62. The van der Waals surface area contributed by atoms with Crippen molar-refractivity contribution < 1.29 is 17.6 Å². The van der Waals surface area contributed by atoms with E-state index < -0.39 is 9.84 Å². The number of halogens is 1. The van der Waals surface area contributed by atoms with Gasteiger partial charge in [-0.15, -0.1) is 0 Å². The van der Waals surface area contributed by atoms with Crippen LogP contribution >= 0.6 is 0 Å². The third kappa shape index (κ3) is 4.79. The van der Waals surface area contributed by atoms with Crippen LogP contribution in [0, 0.1) is 12.7 Å². The van der Waals surface area contributed by atoms with Crippen LogP contribution in [0.25, 0.3) is 0 Å². The third-order valence-electron chi connectivity index (χ3n) is 5.41. The molecule has 1 aliphatic rings. The number of nitrogens with zero attached hydrogens (tertiary/aromatic N) is 1. The molecule has 1 saturated carbocycles. The Labute approximate surface area is 166 Å². The maximum atomic E-state index is 13.5. The minimum Gasteiger partial charge on any atom is -0.331 e. The minimum atomic E-state index is -3.40. The Balaban J connectivity index is 1.97. The Morgan fingerprint density at radius 3 is 2.32 bits per heavy atom. The highest BCUT2D eigenvalue weighted by Crippen LogP contribution is 2.27. The average molecular weight is 404 g/mol. The van der Waals surface area contributed by atoms with Crippen LogP contribution in [0.2, 0.25) is 0 Å². The summed E-state index contributed by atoms with van der Waals surface area (Å²) in [7, 11) is -3.40. The van der Waals surface area contributed by atoms with E-state index in [-0.39, 0.29) is 22.7 Å². The number of rotatable bonds is 5. The average Bonchev–Trinajstić information content (AvgIpc) is 2.67. The van der Waals surface area contributed by atoms with Gasteiger partial charge in [0.25, 0.3) is 5.91 Å². The van der Waals surface area contributed by atoms with Crippen LogP contribution in [0.1, 0.15) is 53.6 Å². The monoisotopic (exact) mass is 403 g/mol. The SMILES string of the molecule is Cc1ccc(S(C)(=O)=O)cc1C(=O)N(Cc1ccc(F)cc1)C1CCCCC1. The Morgan fingerprint density at radius 2 is 1.71 bits per heavy atom. The number of amides is 1. The lowest BCUT2D eigenvalue weighted by Gasteiger charge is -2.35. The van der Waals surface area contributed by atoms with Gasteiger partial charge in [0, 0.05) is 24.4 Å². The summed E-state index contributed by atoms with van der Waals surface area (Å²) in [4.78, 5) is 15.5. The van der Waals surface area contributed by atoms with Crippen molar-refractivity contribution in [3.63, 3.8) is 0 Å².